The molecule has 0 spiro atoms. The van der Waals surface area contributed by atoms with Gasteiger partial charge in [-0.05, 0) is 0 Å². The third-order valence-corrected chi connectivity index (χ3v) is 4.23. The summed E-state index contributed by atoms with van der Waals surface area (Å²) in [7, 11) is 0. The Balaban J connectivity index is 2.92. The molecule has 0 radical (unpaired) electrons. The van der Waals surface area contributed by atoms with Crippen molar-refractivity contribution in [2.45, 2.75) is 24.7 Å². The molecule has 0 aliphatic carbocycles. The second-order valence-corrected chi connectivity index (χ2v) is 6.13. The van der Waals surface area contributed by atoms with E-state index in [1.54, 1.807) is 0 Å². The fourth-order valence-corrected chi connectivity index (χ4v) is 3.20. The number of aromatic nitrogens is 2. The molecule has 32 heavy (non-hydrogen) atoms. The molecule has 3 aromatic heterocycles. The Morgan fingerprint density at radius 1 is 0.688 bits per heavy atom. The predicted octanol–water partition coefficient (Wildman–Crippen LogP) is 4.30. The van der Waals surface area contributed by atoms with Gasteiger partial charge in [-0.25, -0.2) is 0 Å². The quantitative estimate of drug-likeness (QED) is 0.448. The Morgan fingerprint density at radius 2 is 1.19 bits per heavy atom. The molecule has 0 bridgehead atoms. The van der Waals surface area contributed by atoms with Gasteiger partial charge in [0.2, 0.25) is 10.9 Å². The summed E-state index contributed by atoms with van der Waals surface area (Å²) in [6.07, 6.45) is -24.5. The van der Waals surface area contributed by atoms with Crippen molar-refractivity contribution in [3.8, 4) is 6.07 Å². The maximum Gasteiger partial charge on any atom is 0.434 e. The van der Waals surface area contributed by atoms with Crippen molar-refractivity contribution in [3.05, 3.63) is 54.9 Å². The number of rotatable bonds is 0. The topological polar surface area (TPSA) is 66.8 Å². The Hall–Kier alpha value is -3.45. The van der Waals surface area contributed by atoms with Crippen LogP contribution in [-0.2, 0) is 24.7 Å². The minimum absolute atomic E-state index is 0.520. The summed E-state index contributed by atoms with van der Waals surface area (Å²) < 4.78 is 159. The highest BCUT2D eigenvalue weighted by molar-refractivity contribution is 5.71. The van der Waals surface area contributed by atoms with E-state index in [4.69, 9.17) is 5.26 Å². The van der Waals surface area contributed by atoms with Gasteiger partial charge in [-0.3, -0.25) is 14.0 Å². The second-order valence-electron chi connectivity index (χ2n) is 6.13. The van der Waals surface area contributed by atoms with Crippen molar-refractivity contribution in [2.24, 2.45) is 0 Å². The van der Waals surface area contributed by atoms with Gasteiger partial charge < -0.3 is 4.40 Å². The van der Waals surface area contributed by atoms with Crippen LogP contribution in [0.1, 0.15) is 28.2 Å². The smallest absolute Gasteiger partial charge is 0.305 e. The lowest BCUT2D eigenvalue weighted by Crippen LogP contribution is -2.25. The highest BCUT2D eigenvalue weighted by atomic mass is 19.4. The number of hydrogen-bond donors (Lipinski definition) is 0. The number of halogens is 12. The molecule has 0 fully saturated rings. The molecule has 0 saturated heterocycles. The van der Waals surface area contributed by atoms with Crippen LogP contribution < -0.4 is 10.9 Å². The summed E-state index contributed by atoms with van der Waals surface area (Å²) in [6.45, 7) is 0. The lowest BCUT2D eigenvalue weighted by atomic mass is 10.2. The van der Waals surface area contributed by atoms with Crippen LogP contribution in [0.15, 0.2) is 15.8 Å². The molecule has 3 aromatic rings. The van der Waals surface area contributed by atoms with Crippen molar-refractivity contribution < 1.29 is 52.7 Å². The van der Waals surface area contributed by atoms with Gasteiger partial charge in [0.15, 0.2) is 11.4 Å². The van der Waals surface area contributed by atoms with E-state index in [2.05, 4.69) is 0 Å². The van der Waals surface area contributed by atoms with E-state index >= 15 is 0 Å². The van der Waals surface area contributed by atoms with Crippen molar-refractivity contribution in [2.75, 3.05) is 0 Å². The molecule has 0 amide bonds. The number of fused-ring (bicyclic) bond motifs is 2. The van der Waals surface area contributed by atoms with Crippen LogP contribution in [0.5, 0.6) is 0 Å². The molecule has 0 atom stereocenters. The first-order chi connectivity index (χ1) is 14.2. The fourth-order valence-electron chi connectivity index (χ4n) is 3.20. The molecule has 0 aliphatic rings. The zero-order chi connectivity index (χ0) is 24.8. The molecule has 17 heteroatoms. The summed E-state index contributed by atoms with van der Waals surface area (Å²) in [5, 5.41) is 8.93. The van der Waals surface area contributed by atoms with Gasteiger partial charge in [0.25, 0.3) is 0 Å². The zero-order valence-electron chi connectivity index (χ0n) is 14.3. The Bertz CT molecular complexity index is 1410. The molecule has 0 saturated carbocycles. The van der Waals surface area contributed by atoms with E-state index in [-0.39, 0.29) is 0 Å². The Morgan fingerprint density at radius 3 is 1.56 bits per heavy atom. The van der Waals surface area contributed by atoms with Crippen LogP contribution in [0, 0.1) is 11.3 Å². The average Bonchev–Trinajstić information content (AvgIpc) is 3.05. The minimum Gasteiger partial charge on any atom is -0.305 e. The molecular weight excluding hydrogens is 482 g/mol. The van der Waals surface area contributed by atoms with Crippen LogP contribution in [0.4, 0.5) is 52.7 Å². The van der Waals surface area contributed by atoms with E-state index in [1.165, 1.54) is 0 Å². The van der Waals surface area contributed by atoms with Gasteiger partial charge in [-0.15, -0.1) is 0 Å². The molecule has 0 N–H and O–H groups in total. The molecule has 5 nitrogen and oxygen atoms in total. The van der Waals surface area contributed by atoms with E-state index in [9.17, 15) is 62.3 Å². The summed E-state index contributed by atoms with van der Waals surface area (Å²) in [5.41, 5.74) is -23.2. The monoisotopic (exact) mass is 483 g/mol. The van der Waals surface area contributed by atoms with Crippen molar-refractivity contribution in [1.82, 2.24) is 8.80 Å². The highest BCUT2D eigenvalue weighted by Gasteiger charge is 2.50. The summed E-state index contributed by atoms with van der Waals surface area (Å²) >= 11 is 0. The lowest BCUT2D eigenvalue weighted by Gasteiger charge is -2.17. The predicted molar refractivity (Wildman–Crippen MR) is 76.8 cm³/mol. The molecule has 0 aromatic carbocycles. The first kappa shape index (κ1) is 23.2. The average molecular weight is 483 g/mol. The number of nitriles is 1. The number of nitrogens with zero attached hydrogens (tertiary/aromatic N) is 3. The number of alkyl halides is 12. The number of hydrogen-bond acceptors (Lipinski definition) is 3. The van der Waals surface area contributed by atoms with Crippen LogP contribution in [0.2, 0.25) is 0 Å². The molecule has 3 rings (SSSR count). The molecule has 3 heterocycles. The Kier molecular flexibility index (Phi) is 4.57. The van der Waals surface area contributed by atoms with Gasteiger partial charge in [0.1, 0.15) is 33.9 Å². The second kappa shape index (κ2) is 6.29. The largest absolute Gasteiger partial charge is 0.434 e. The van der Waals surface area contributed by atoms with E-state index in [0.717, 1.165) is 0 Å². The lowest BCUT2D eigenvalue weighted by molar-refractivity contribution is -0.146. The van der Waals surface area contributed by atoms with E-state index in [0.29, 0.717) is 6.07 Å². The van der Waals surface area contributed by atoms with Gasteiger partial charge in [0, 0.05) is 6.20 Å². The summed E-state index contributed by atoms with van der Waals surface area (Å²) in [6, 6.07) is 0.520. The summed E-state index contributed by atoms with van der Waals surface area (Å²) in [4.78, 5) is 24.2. The van der Waals surface area contributed by atoms with Crippen molar-refractivity contribution >= 4 is 11.0 Å². The fraction of sp³-hybridized carbons (Fsp3) is 0.267. The molecule has 0 unspecified atom stereocenters. The maximum atomic E-state index is 13.7. The van der Waals surface area contributed by atoms with Gasteiger partial charge >= 0.3 is 24.7 Å². The first-order valence-corrected chi connectivity index (χ1v) is 7.56. The standard InChI is InChI=1S/C15HF12N3O2/c16-12(17,18)3-2-29-6(8(3)31)11(15(25,26)27)30-4(1-28)5(13(19,20)21)9(32)7(30)10(29)14(22,23)24/h2H. The molecule has 0 aliphatic heterocycles. The first-order valence-electron chi connectivity index (χ1n) is 7.56. The normalized spacial score (nSPS) is 13.8. The van der Waals surface area contributed by atoms with Gasteiger partial charge in [-0.2, -0.15) is 57.9 Å². The highest BCUT2D eigenvalue weighted by Crippen LogP contribution is 2.42. The minimum atomic E-state index is -6.08. The third kappa shape index (κ3) is 3.12. The Labute approximate surface area is 164 Å². The molecule has 172 valence electrons. The maximum absolute atomic E-state index is 13.7. The zero-order valence-corrected chi connectivity index (χ0v) is 14.3. The van der Waals surface area contributed by atoms with Gasteiger partial charge in [-0.1, -0.05) is 0 Å². The van der Waals surface area contributed by atoms with Crippen LogP contribution in [-0.4, -0.2) is 8.80 Å². The van der Waals surface area contributed by atoms with Gasteiger partial charge in [0.05, 0.1) is 0 Å². The van der Waals surface area contributed by atoms with Crippen molar-refractivity contribution in [1.29, 1.82) is 5.26 Å². The van der Waals surface area contributed by atoms with E-state index < -0.39 is 89.8 Å². The van der Waals surface area contributed by atoms with Crippen LogP contribution in [0.3, 0.4) is 0 Å². The SMILES string of the molecule is N#Cc1c(C(F)(F)F)c(=O)c2c(C(F)(F)F)n3cc(C(F)(F)F)c(=O)c3c(C(F)(F)F)n12. The van der Waals surface area contributed by atoms with E-state index in [1.807, 2.05) is 0 Å². The van der Waals surface area contributed by atoms with Crippen LogP contribution in [0.25, 0.3) is 11.0 Å². The van der Waals surface area contributed by atoms with Crippen LogP contribution >= 0.6 is 0 Å². The third-order valence-electron chi connectivity index (χ3n) is 4.23. The van der Waals surface area contributed by atoms with Crippen molar-refractivity contribution in [3.63, 3.8) is 0 Å². The molecular formula is C15HF12N3O2. The summed E-state index contributed by atoms with van der Waals surface area (Å²) in [5.74, 6) is 0.